The van der Waals surface area contributed by atoms with Gasteiger partial charge in [-0.2, -0.15) is 4.31 Å². The fourth-order valence-electron chi connectivity index (χ4n) is 2.57. The summed E-state index contributed by atoms with van der Waals surface area (Å²) >= 11 is 0. The molecule has 21 heavy (non-hydrogen) atoms. The minimum Gasteiger partial charge on any atom is -0.376 e. The Morgan fingerprint density at radius 1 is 1.38 bits per heavy atom. The number of hydrogen-bond donors (Lipinski definition) is 0. The van der Waals surface area contributed by atoms with Gasteiger partial charge in [-0.3, -0.25) is 0 Å². The Morgan fingerprint density at radius 2 is 2.19 bits per heavy atom. The second-order valence-corrected chi connectivity index (χ2v) is 7.37. The Bertz CT molecular complexity index is 726. The van der Waals surface area contributed by atoms with Crippen LogP contribution in [0.3, 0.4) is 0 Å². The van der Waals surface area contributed by atoms with Crippen molar-refractivity contribution in [2.75, 3.05) is 25.4 Å². The molecule has 7 heteroatoms. The Labute approximate surface area is 124 Å². The van der Waals surface area contributed by atoms with Gasteiger partial charge in [-0.15, -0.1) is 0 Å². The monoisotopic (exact) mass is 309 g/mol. The maximum atomic E-state index is 12.4. The van der Waals surface area contributed by atoms with E-state index in [9.17, 15) is 8.42 Å². The normalized spacial score (nSPS) is 20.9. The third kappa shape index (κ3) is 3.09. The molecule has 1 fully saturated rings. The Morgan fingerprint density at radius 3 is 3.00 bits per heavy atom. The second kappa shape index (κ2) is 5.75. The van der Waals surface area contributed by atoms with Gasteiger partial charge in [-0.05, 0) is 19.1 Å². The summed E-state index contributed by atoms with van der Waals surface area (Å²) in [7, 11) is -3.26. The fraction of sp³-hybridized carbons (Fsp3) is 0.500. The van der Waals surface area contributed by atoms with Crippen LogP contribution in [0.5, 0.6) is 0 Å². The largest absolute Gasteiger partial charge is 0.376 e. The average Bonchev–Trinajstić information content (AvgIpc) is 2.88. The summed E-state index contributed by atoms with van der Waals surface area (Å²) in [4.78, 5) is 4.28. The Balaban J connectivity index is 1.71. The highest BCUT2D eigenvalue weighted by Crippen LogP contribution is 2.14. The standard InChI is InChI=1S/C14H19N3O3S/c1-12-10-17(6-8-20-12)21(18,19)9-7-16-11-15-13-4-2-3-5-14(13)16/h2-5,11-12H,6-10H2,1H3/t12-/m0/s1. The molecule has 0 aliphatic carbocycles. The molecule has 0 radical (unpaired) electrons. The molecule has 1 atom stereocenters. The van der Waals surface area contributed by atoms with Gasteiger partial charge < -0.3 is 9.30 Å². The summed E-state index contributed by atoms with van der Waals surface area (Å²) in [6, 6.07) is 7.72. The SMILES string of the molecule is C[C@H]1CN(S(=O)(=O)CCn2cnc3ccccc32)CCO1. The molecule has 0 N–H and O–H groups in total. The number of benzene rings is 1. The van der Waals surface area contributed by atoms with Crippen LogP contribution in [0, 0.1) is 0 Å². The van der Waals surface area contributed by atoms with Crippen LogP contribution < -0.4 is 0 Å². The van der Waals surface area contributed by atoms with Gasteiger partial charge in [0.05, 0.1) is 35.8 Å². The first-order chi connectivity index (χ1) is 10.1. The molecule has 2 heterocycles. The van der Waals surface area contributed by atoms with Crippen molar-refractivity contribution in [3.8, 4) is 0 Å². The minimum atomic E-state index is -3.26. The van der Waals surface area contributed by atoms with E-state index in [1.54, 1.807) is 6.33 Å². The number of fused-ring (bicyclic) bond motifs is 1. The smallest absolute Gasteiger partial charge is 0.216 e. The van der Waals surface area contributed by atoms with Crippen LogP contribution in [0.15, 0.2) is 30.6 Å². The average molecular weight is 309 g/mol. The van der Waals surface area contributed by atoms with Crippen LogP contribution in [0.2, 0.25) is 0 Å². The zero-order valence-corrected chi connectivity index (χ0v) is 12.8. The molecule has 0 saturated carbocycles. The Kier molecular flexibility index (Phi) is 3.97. The number of ether oxygens (including phenoxy) is 1. The van der Waals surface area contributed by atoms with Crippen molar-refractivity contribution in [1.29, 1.82) is 0 Å². The number of para-hydroxylation sites is 2. The molecule has 6 nitrogen and oxygen atoms in total. The lowest BCUT2D eigenvalue weighted by Gasteiger charge is -2.30. The van der Waals surface area contributed by atoms with E-state index in [1.165, 1.54) is 4.31 Å². The van der Waals surface area contributed by atoms with E-state index < -0.39 is 10.0 Å². The summed E-state index contributed by atoms with van der Waals surface area (Å²) in [5.41, 5.74) is 1.85. The van der Waals surface area contributed by atoms with Crippen molar-refractivity contribution in [3.63, 3.8) is 0 Å². The summed E-state index contributed by atoms with van der Waals surface area (Å²) < 4.78 is 33.6. The topological polar surface area (TPSA) is 64.4 Å². The summed E-state index contributed by atoms with van der Waals surface area (Å²) in [5.74, 6) is 0.0834. The number of morpholine rings is 1. The lowest BCUT2D eigenvalue weighted by molar-refractivity contribution is 0.0102. The Hall–Kier alpha value is -1.44. The summed E-state index contributed by atoms with van der Waals surface area (Å²) in [6.07, 6.45) is 1.66. The highest BCUT2D eigenvalue weighted by atomic mass is 32.2. The molecule has 0 bridgehead atoms. The first kappa shape index (κ1) is 14.5. The molecule has 1 saturated heterocycles. The third-order valence-electron chi connectivity index (χ3n) is 3.71. The van der Waals surface area contributed by atoms with Gasteiger partial charge in [0.1, 0.15) is 0 Å². The van der Waals surface area contributed by atoms with E-state index >= 15 is 0 Å². The van der Waals surface area contributed by atoms with Gasteiger partial charge in [0.2, 0.25) is 10.0 Å². The van der Waals surface area contributed by atoms with Gasteiger partial charge in [0, 0.05) is 19.6 Å². The van der Waals surface area contributed by atoms with E-state index in [4.69, 9.17) is 4.74 Å². The van der Waals surface area contributed by atoms with E-state index in [0.29, 0.717) is 26.2 Å². The number of imidazole rings is 1. The predicted molar refractivity (Wildman–Crippen MR) is 80.5 cm³/mol. The predicted octanol–water partition coefficient (Wildman–Crippen LogP) is 1.09. The molecule has 2 aromatic rings. The van der Waals surface area contributed by atoms with Crippen molar-refractivity contribution in [1.82, 2.24) is 13.9 Å². The molecule has 0 amide bonds. The molecule has 1 aliphatic rings. The molecular weight excluding hydrogens is 290 g/mol. The van der Waals surface area contributed by atoms with Crippen LogP contribution >= 0.6 is 0 Å². The second-order valence-electron chi connectivity index (χ2n) is 5.28. The first-order valence-electron chi connectivity index (χ1n) is 7.05. The van der Waals surface area contributed by atoms with Gasteiger partial charge in [0.25, 0.3) is 0 Å². The van der Waals surface area contributed by atoms with E-state index in [-0.39, 0.29) is 11.9 Å². The lowest BCUT2D eigenvalue weighted by Crippen LogP contribution is -2.45. The van der Waals surface area contributed by atoms with E-state index in [2.05, 4.69) is 4.98 Å². The zero-order chi connectivity index (χ0) is 14.9. The van der Waals surface area contributed by atoms with Crippen molar-refractivity contribution < 1.29 is 13.2 Å². The van der Waals surface area contributed by atoms with Gasteiger partial charge in [-0.1, -0.05) is 12.1 Å². The number of aryl methyl sites for hydroxylation is 1. The molecule has 3 rings (SSSR count). The minimum absolute atomic E-state index is 0.0393. The van der Waals surface area contributed by atoms with Crippen LogP contribution in [0.1, 0.15) is 6.92 Å². The molecule has 0 spiro atoms. The maximum Gasteiger partial charge on any atom is 0.216 e. The maximum absolute atomic E-state index is 12.4. The number of rotatable bonds is 4. The van der Waals surface area contributed by atoms with Crippen molar-refractivity contribution in [2.45, 2.75) is 19.6 Å². The highest BCUT2D eigenvalue weighted by molar-refractivity contribution is 7.89. The van der Waals surface area contributed by atoms with Crippen LogP contribution in [0.25, 0.3) is 11.0 Å². The van der Waals surface area contributed by atoms with Crippen molar-refractivity contribution in [2.24, 2.45) is 0 Å². The van der Waals surface area contributed by atoms with Crippen LogP contribution in [-0.2, 0) is 21.3 Å². The fourth-order valence-corrected chi connectivity index (χ4v) is 4.05. The number of aromatic nitrogens is 2. The van der Waals surface area contributed by atoms with E-state index in [1.807, 2.05) is 35.8 Å². The van der Waals surface area contributed by atoms with Crippen molar-refractivity contribution >= 4 is 21.1 Å². The van der Waals surface area contributed by atoms with Crippen molar-refractivity contribution in [3.05, 3.63) is 30.6 Å². The summed E-state index contributed by atoms with van der Waals surface area (Å²) in [5, 5.41) is 0. The van der Waals surface area contributed by atoms with Gasteiger partial charge >= 0.3 is 0 Å². The van der Waals surface area contributed by atoms with Crippen LogP contribution in [0.4, 0.5) is 0 Å². The summed E-state index contributed by atoms with van der Waals surface area (Å²) in [6.45, 7) is 3.65. The van der Waals surface area contributed by atoms with E-state index in [0.717, 1.165) is 11.0 Å². The number of sulfonamides is 1. The quantitative estimate of drug-likeness (QED) is 0.848. The molecule has 1 aliphatic heterocycles. The molecule has 114 valence electrons. The number of nitrogens with zero attached hydrogens (tertiary/aromatic N) is 3. The molecule has 1 aromatic heterocycles. The molecule has 1 aromatic carbocycles. The molecule has 0 unspecified atom stereocenters. The molecular formula is C14H19N3O3S. The zero-order valence-electron chi connectivity index (χ0n) is 12.0. The third-order valence-corrected chi connectivity index (χ3v) is 5.53. The van der Waals surface area contributed by atoms with Gasteiger partial charge in [0.15, 0.2) is 0 Å². The number of hydrogen-bond acceptors (Lipinski definition) is 4. The lowest BCUT2D eigenvalue weighted by atomic mass is 10.3. The van der Waals surface area contributed by atoms with Crippen LogP contribution in [-0.4, -0.2) is 53.8 Å². The highest BCUT2D eigenvalue weighted by Gasteiger charge is 2.27. The van der Waals surface area contributed by atoms with Gasteiger partial charge in [-0.25, -0.2) is 13.4 Å². The first-order valence-corrected chi connectivity index (χ1v) is 8.66.